The number of likely N-dealkylation sites (tertiary alicyclic amines) is 1. The molecule has 138 valence electrons. The molecule has 1 unspecified atom stereocenters. The van der Waals surface area contributed by atoms with Crippen LogP contribution in [-0.2, 0) is 4.79 Å². The van der Waals surface area contributed by atoms with E-state index in [2.05, 4.69) is 15.4 Å². The Morgan fingerprint density at radius 1 is 1.19 bits per heavy atom. The van der Waals surface area contributed by atoms with E-state index >= 15 is 0 Å². The predicted molar refractivity (Wildman–Crippen MR) is 103 cm³/mol. The maximum atomic E-state index is 12.8. The molecule has 0 aromatic carbocycles. The van der Waals surface area contributed by atoms with Crippen LogP contribution in [0.25, 0.3) is 5.82 Å². The quantitative estimate of drug-likeness (QED) is 0.753. The van der Waals surface area contributed by atoms with Crippen LogP contribution >= 0.6 is 11.3 Å². The Morgan fingerprint density at radius 3 is 2.81 bits per heavy atom. The number of piperidine rings is 1. The zero-order chi connectivity index (χ0) is 18.6. The molecule has 4 rings (SSSR count). The van der Waals surface area contributed by atoms with Crippen molar-refractivity contribution in [3.8, 4) is 5.82 Å². The van der Waals surface area contributed by atoms with Gasteiger partial charge in [-0.25, -0.2) is 9.67 Å². The van der Waals surface area contributed by atoms with Gasteiger partial charge in [-0.05, 0) is 48.9 Å². The van der Waals surface area contributed by atoms with Crippen molar-refractivity contribution in [1.29, 1.82) is 0 Å². The van der Waals surface area contributed by atoms with Gasteiger partial charge in [0.25, 0.3) is 5.91 Å². The van der Waals surface area contributed by atoms with Crippen LogP contribution < -0.4 is 5.32 Å². The Labute approximate surface area is 160 Å². The monoisotopic (exact) mass is 381 g/mol. The Bertz CT molecular complexity index is 906. The van der Waals surface area contributed by atoms with E-state index in [1.54, 1.807) is 46.4 Å². The molecule has 7 nitrogen and oxygen atoms in total. The van der Waals surface area contributed by atoms with E-state index in [9.17, 15) is 9.59 Å². The van der Waals surface area contributed by atoms with Gasteiger partial charge in [0, 0.05) is 18.9 Å². The fourth-order valence-corrected chi connectivity index (χ4v) is 3.89. The molecule has 1 aliphatic heterocycles. The molecule has 0 bridgehead atoms. The molecule has 3 aromatic rings. The standard InChI is InChI=1S/C19H19N5O2S/c25-18(22-14-7-8-17(20-13-14)24-11-4-9-21-24)15-5-1-2-10-23(15)19(26)16-6-3-12-27-16/h3-4,6-9,11-13,15H,1-2,5,10H2,(H,22,25). The first kappa shape index (κ1) is 17.4. The first-order chi connectivity index (χ1) is 13.2. The van der Waals surface area contributed by atoms with E-state index in [4.69, 9.17) is 0 Å². The highest BCUT2D eigenvalue weighted by Gasteiger charge is 2.33. The number of nitrogens with zero attached hydrogens (tertiary/aromatic N) is 4. The fraction of sp³-hybridized carbons (Fsp3) is 0.263. The Balaban J connectivity index is 1.46. The van der Waals surface area contributed by atoms with Crippen molar-refractivity contribution in [1.82, 2.24) is 19.7 Å². The number of aromatic nitrogens is 3. The molecule has 3 aromatic heterocycles. The molecule has 4 heterocycles. The van der Waals surface area contributed by atoms with E-state index in [1.165, 1.54) is 11.3 Å². The van der Waals surface area contributed by atoms with Crippen molar-refractivity contribution in [2.24, 2.45) is 0 Å². The summed E-state index contributed by atoms with van der Waals surface area (Å²) < 4.78 is 1.65. The number of anilines is 1. The van der Waals surface area contributed by atoms with Crippen LogP contribution in [0.5, 0.6) is 0 Å². The van der Waals surface area contributed by atoms with Gasteiger partial charge in [-0.1, -0.05) is 6.07 Å². The summed E-state index contributed by atoms with van der Waals surface area (Å²) in [5.41, 5.74) is 0.602. The van der Waals surface area contributed by atoms with Crippen LogP contribution in [0.15, 0.2) is 54.3 Å². The molecule has 1 atom stereocenters. The SMILES string of the molecule is O=C(Nc1ccc(-n2cccn2)nc1)C1CCCCN1C(=O)c1cccs1. The van der Waals surface area contributed by atoms with E-state index in [0.717, 1.165) is 12.8 Å². The highest BCUT2D eigenvalue weighted by Crippen LogP contribution is 2.23. The Kier molecular flexibility index (Phi) is 4.97. The van der Waals surface area contributed by atoms with E-state index < -0.39 is 6.04 Å². The Morgan fingerprint density at radius 2 is 2.11 bits per heavy atom. The molecule has 0 saturated carbocycles. The lowest BCUT2D eigenvalue weighted by Crippen LogP contribution is -2.49. The third kappa shape index (κ3) is 3.75. The number of thiophene rings is 1. The molecule has 0 aliphatic carbocycles. The lowest BCUT2D eigenvalue weighted by Gasteiger charge is -2.34. The first-order valence-corrected chi connectivity index (χ1v) is 9.72. The minimum atomic E-state index is -0.459. The van der Waals surface area contributed by atoms with Gasteiger partial charge >= 0.3 is 0 Å². The van der Waals surface area contributed by atoms with Gasteiger partial charge in [0.2, 0.25) is 5.91 Å². The number of hydrogen-bond donors (Lipinski definition) is 1. The highest BCUT2D eigenvalue weighted by molar-refractivity contribution is 7.12. The number of pyridine rings is 1. The summed E-state index contributed by atoms with van der Waals surface area (Å²) in [6.45, 7) is 0.602. The van der Waals surface area contributed by atoms with Crippen molar-refractivity contribution in [2.45, 2.75) is 25.3 Å². The minimum absolute atomic E-state index is 0.0722. The average molecular weight is 381 g/mol. The molecule has 0 radical (unpaired) electrons. The highest BCUT2D eigenvalue weighted by atomic mass is 32.1. The number of carbonyl (C=O) groups excluding carboxylic acids is 2. The molecule has 8 heteroatoms. The first-order valence-electron chi connectivity index (χ1n) is 8.84. The van der Waals surface area contributed by atoms with Crippen molar-refractivity contribution in [2.75, 3.05) is 11.9 Å². The second-order valence-electron chi connectivity index (χ2n) is 6.33. The average Bonchev–Trinajstić information content (AvgIpc) is 3.42. The van der Waals surface area contributed by atoms with Gasteiger partial charge in [-0.15, -0.1) is 11.3 Å². The van der Waals surface area contributed by atoms with Crippen molar-refractivity contribution in [3.05, 3.63) is 59.2 Å². The van der Waals surface area contributed by atoms with Gasteiger partial charge in [0.05, 0.1) is 16.8 Å². The minimum Gasteiger partial charge on any atom is -0.326 e. The number of rotatable bonds is 4. The second kappa shape index (κ2) is 7.71. The topological polar surface area (TPSA) is 80.1 Å². The predicted octanol–water partition coefficient (Wildman–Crippen LogP) is 2.96. The largest absolute Gasteiger partial charge is 0.326 e. The maximum Gasteiger partial charge on any atom is 0.264 e. The van der Waals surface area contributed by atoms with Gasteiger partial charge in [0.15, 0.2) is 5.82 Å². The summed E-state index contributed by atoms with van der Waals surface area (Å²) in [5.74, 6) is 0.426. The smallest absolute Gasteiger partial charge is 0.264 e. The third-order valence-corrected chi connectivity index (χ3v) is 5.41. The van der Waals surface area contributed by atoms with Gasteiger partial charge in [-0.3, -0.25) is 9.59 Å². The number of carbonyl (C=O) groups is 2. The van der Waals surface area contributed by atoms with Gasteiger partial charge in [-0.2, -0.15) is 5.10 Å². The van der Waals surface area contributed by atoms with Crippen LogP contribution in [0.3, 0.4) is 0 Å². The number of amides is 2. The summed E-state index contributed by atoms with van der Waals surface area (Å²) in [7, 11) is 0. The molecule has 1 aliphatic rings. The van der Waals surface area contributed by atoms with Crippen molar-refractivity contribution >= 4 is 28.8 Å². The van der Waals surface area contributed by atoms with Crippen LogP contribution in [0.1, 0.15) is 28.9 Å². The zero-order valence-electron chi connectivity index (χ0n) is 14.6. The van der Waals surface area contributed by atoms with Crippen LogP contribution in [0, 0.1) is 0 Å². The molecule has 0 spiro atoms. The van der Waals surface area contributed by atoms with Crippen LogP contribution in [0.4, 0.5) is 5.69 Å². The maximum absolute atomic E-state index is 12.8. The third-order valence-electron chi connectivity index (χ3n) is 4.55. The van der Waals surface area contributed by atoms with Crippen LogP contribution in [-0.4, -0.2) is 44.1 Å². The number of nitrogens with one attached hydrogen (secondary N) is 1. The van der Waals surface area contributed by atoms with Gasteiger partial charge in [0.1, 0.15) is 6.04 Å². The van der Waals surface area contributed by atoms with E-state index in [1.807, 2.05) is 17.5 Å². The van der Waals surface area contributed by atoms with Crippen LogP contribution in [0.2, 0.25) is 0 Å². The van der Waals surface area contributed by atoms with Crippen molar-refractivity contribution in [3.63, 3.8) is 0 Å². The lowest BCUT2D eigenvalue weighted by molar-refractivity contribution is -0.121. The molecule has 2 amide bonds. The molecule has 1 saturated heterocycles. The lowest BCUT2D eigenvalue weighted by atomic mass is 10.0. The summed E-state index contributed by atoms with van der Waals surface area (Å²) in [5, 5.41) is 8.89. The summed E-state index contributed by atoms with van der Waals surface area (Å²) in [4.78, 5) is 32.2. The fourth-order valence-electron chi connectivity index (χ4n) is 3.21. The van der Waals surface area contributed by atoms with E-state index in [0.29, 0.717) is 29.3 Å². The van der Waals surface area contributed by atoms with Crippen molar-refractivity contribution < 1.29 is 9.59 Å². The normalized spacial score (nSPS) is 16.9. The second-order valence-corrected chi connectivity index (χ2v) is 7.28. The summed E-state index contributed by atoms with van der Waals surface area (Å²) in [6, 6.07) is 8.59. The number of hydrogen-bond acceptors (Lipinski definition) is 5. The molecule has 1 fully saturated rings. The van der Waals surface area contributed by atoms with Gasteiger partial charge < -0.3 is 10.2 Å². The summed E-state index contributed by atoms with van der Waals surface area (Å²) in [6.07, 6.45) is 7.60. The molecule has 1 N–H and O–H groups in total. The zero-order valence-corrected chi connectivity index (χ0v) is 15.4. The molecular formula is C19H19N5O2S. The Hall–Kier alpha value is -3.00. The summed E-state index contributed by atoms with van der Waals surface area (Å²) >= 11 is 1.40. The molecular weight excluding hydrogens is 362 g/mol. The van der Waals surface area contributed by atoms with E-state index in [-0.39, 0.29) is 11.8 Å². The molecule has 27 heavy (non-hydrogen) atoms.